The van der Waals surface area contributed by atoms with Crippen molar-refractivity contribution in [2.24, 2.45) is 0 Å². The van der Waals surface area contributed by atoms with Gasteiger partial charge in [0.05, 0.1) is 0 Å². The number of hydrogen-bond acceptors (Lipinski definition) is 4. The van der Waals surface area contributed by atoms with E-state index in [0.717, 1.165) is 30.9 Å². The minimum Gasteiger partial charge on any atom is -0.478 e. The Morgan fingerprint density at radius 3 is 2.51 bits per heavy atom. The topological polar surface area (TPSA) is 50.7 Å². The van der Waals surface area contributed by atoms with Gasteiger partial charge in [-0.1, -0.05) is 54.4 Å². The van der Waals surface area contributed by atoms with E-state index in [1.165, 1.54) is 6.07 Å². The van der Waals surface area contributed by atoms with Gasteiger partial charge in [-0.25, -0.2) is 4.39 Å². The fourth-order valence-electron chi connectivity index (χ4n) is 4.90. The normalized spacial score (nSPS) is 21.5. The summed E-state index contributed by atoms with van der Waals surface area (Å²) < 4.78 is 52.1. The van der Waals surface area contributed by atoms with Crippen molar-refractivity contribution in [2.75, 3.05) is 6.54 Å². The third kappa shape index (κ3) is 4.15. The van der Waals surface area contributed by atoms with E-state index in [-0.39, 0.29) is 16.1 Å². The smallest absolute Gasteiger partial charge is 0.387 e. The molecule has 2 atom stereocenters. The molecular formula is C27H25ClF3NO3. The number of aliphatic hydroxyl groups excluding tert-OH is 1. The van der Waals surface area contributed by atoms with E-state index in [1.54, 1.807) is 19.1 Å². The largest absolute Gasteiger partial charge is 0.478 e. The Labute approximate surface area is 206 Å². The minimum atomic E-state index is -3.19. The Morgan fingerprint density at radius 2 is 1.86 bits per heavy atom. The van der Waals surface area contributed by atoms with Crippen LogP contribution in [0, 0.1) is 12.7 Å². The number of halogens is 4. The number of hydrogen-bond donors (Lipinski definition) is 2. The first-order valence-corrected chi connectivity index (χ1v) is 11.9. The zero-order chi connectivity index (χ0) is 24.7. The summed E-state index contributed by atoms with van der Waals surface area (Å²) >= 11 is 6.57. The summed E-state index contributed by atoms with van der Waals surface area (Å²) in [5, 5.41) is 15.5. The molecule has 3 aromatic carbocycles. The molecule has 4 nitrogen and oxygen atoms in total. The van der Waals surface area contributed by atoms with Gasteiger partial charge < -0.3 is 19.9 Å². The molecule has 1 saturated carbocycles. The molecule has 0 spiro atoms. The van der Waals surface area contributed by atoms with E-state index in [1.807, 2.05) is 30.3 Å². The number of fused-ring (bicyclic) bond motifs is 1. The van der Waals surface area contributed by atoms with E-state index < -0.39 is 29.9 Å². The van der Waals surface area contributed by atoms with Crippen LogP contribution in [0.4, 0.5) is 13.2 Å². The average Bonchev–Trinajstić information content (AvgIpc) is 3.09. The summed E-state index contributed by atoms with van der Waals surface area (Å²) in [5.74, 6) is -1.21. The molecule has 0 aromatic heterocycles. The summed E-state index contributed by atoms with van der Waals surface area (Å²) in [6.07, 6.45) is 2.04. The second-order valence-electron chi connectivity index (χ2n) is 9.05. The Morgan fingerprint density at radius 1 is 1.11 bits per heavy atom. The van der Waals surface area contributed by atoms with Crippen LogP contribution in [0.25, 0.3) is 11.1 Å². The molecule has 5 rings (SSSR count). The molecule has 184 valence electrons. The first-order valence-electron chi connectivity index (χ1n) is 11.5. The lowest BCUT2D eigenvalue weighted by Crippen LogP contribution is -2.49. The molecule has 0 amide bonds. The van der Waals surface area contributed by atoms with Crippen LogP contribution in [0.1, 0.15) is 42.1 Å². The maximum absolute atomic E-state index is 15.5. The molecule has 0 unspecified atom stereocenters. The summed E-state index contributed by atoms with van der Waals surface area (Å²) in [5.41, 5.74) is 0.533. The summed E-state index contributed by atoms with van der Waals surface area (Å²) in [6.45, 7) is -1.22. The van der Waals surface area contributed by atoms with E-state index in [0.29, 0.717) is 29.5 Å². The molecule has 8 heteroatoms. The maximum Gasteiger partial charge on any atom is 0.387 e. The molecule has 2 N–H and O–H groups in total. The van der Waals surface area contributed by atoms with Gasteiger partial charge in [-0.3, -0.25) is 0 Å². The van der Waals surface area contributed by atoms with Crippen molar-refractivity contribution in [3.8, 4) is 22.6 Å². The lowest BCUT2D eigenvalue weighted by molar-refractivity contribution is -0.0521. The summed E-state index contributed by atoms with van der Waals surface area (Å²) in [4.78, 5) is 0. The minimum absolute atomic E-state index is 0.0107. The van der Waals surface area contributed by atoms with Crippen LogP contribution >= 0.6 is 11.6 Å². The molecule has 2 aliphatic rings. The zero-order valence-electron chi connectivity index (χ0n) is 19.0. The van der Waals surface area contributed by atoms with E-state index in [9.17, 15) is 13.9 Å². The number of benzene rings is 3. The van der Waals surface area contributed by atoms with Gasteiger partial charge in [0.1, 0.15) is 11.9 Å². The highest BCUT2D eigenvalue weighted by Crippen LogP contribution is 2.55. The Hall–Kier alpha value is -2.74. The number of rotatable bonds is 7. The number of ether oxygens (including phenoxy) is 2. The first-order chi connectivity index (χ1) is 16.8. The zero-order valence-corrected chi connectivity index (χ0v) is 19.8. The Bertz CT molecular complexity index is 1240. The highest BCUT2D eigenvalue weighted by Gasteiger charge is 2.51. The van der Waals surface area contributed by atoms with Gasteiger partial charge in [0.25, 0.3) is 0 Å². The van der Waals surface area contributed by atoms with Crippen LogP contribution in [0.2, 0.25) is 5.02 Å². The second-order valence-corrected chi connectivity index (χ2v) is 9.46. The highest BCUT2D eigenvalue weighted by atomic mass is 35.5. The predicted molar refractivity (Wildman–Crippen MR) is 128 cm³/mol. The van der Waals surface area contributed by atoms with Crippen LogP contribution in [-0.2, 0) is 5.60 Å². The first kappa shape index (κ1) is 24.0. The number of alkyl halides is 2. The van der Waals surface area contributed by atoms with Gasteiger partial charge >= 0.3 is 6.61 Å². The van der Waals surface area contributed by atoms with Crippen LogP contribution in [0.3, 0.4) is 0 Å². The third-order valence-corrected chi connectivity index (χ3v) is 7.28. The molecule has 1 aliphatic carbocycles. The van der Waals surface area contributed by atoms with Gasteiger partial charge in [-0.05, 0) is 49.1 Å². The monoisotopic (exact) mass is 503 g/mol. The van der Waals surface area contributed by atoms with Gasteiger partial charge in [-0.2, -0.15) is 8.78 Å². The van der Waals surface area contributed by atoms with E-state index in [4.69, 9.17) is 16.3 Å². The molecule has 1 fully saturated rings. The van der Waals surface area contributed by atoms with Gasteiger partial charge in [0, 0.05) is 34.3 Å². The molecule has 1 aliphatic heterocycles. The standard InChI is InChI=1S/C27H25ClF3NO3/c1-15-10-12-20(34-26(30)31)24(29)21(15)22-18(28)11-13-19-23(22)25(33)27(35-19,14-32-17-8-5-9-17)16-6-3-2-4-7-16/h2-4,6-7,10-13,17,25-26,32-33H,5,8-9,14H2,1H3/t25-,27+/m0/s1. The van der Waals surface area contributed by atoms with Crippen LogP contribution in [0.15, 0.2) is 54.6 Å². The van der Waals surface area contributed by atoms with Crippen LogP contribution in [-0.4, -0.2) is 24.3 Å². The van der Waals surface area contributed by atoms with Gasteiger partial charge in [0.2, 0.25) is 0 Å². The van der Waals surface area contributed by atoms with Gasteiger partial charge in [0.15, 0.2) is 17.2 Å². The van der Waals surface area contributed by atoms with Crippen molar-refractivity contribution in [1.82, 2.24) is 5.32 Å². The Balaban J connectivity index is 1.65. The molecular weight excluding hydrogens is 479 g/mol. The third-order valence-electron chi connectivity index (χ3n) is 6.96. The lowest BCUT2D eigenvalue weighted by atomic mass is 9.82. The maximum atomic E-state index is 15.5. The fraction of sp³-hybridized carbons (Fsp3) is 0.333. The fourth-order valence-corrected chi connectivity index (χ4v) is 5.16. The molecule has 0 radical (unpaired) electrons. The van der Waals surface area contributed by atoms with Crippen molar-refractivity contribution in [1.29, 1.82) is 0 Å². The molecule has 1 heterocycles. The average molecular weight is 504 g/mol. The molecule has 0 saturated heterocycles. The van der Waals surface area contributed by atoms with Crippen molar-refractivity contribution >= 4 is 11.6 Å². The van der Waals surface area contributed by atoms with Crippen molar-refractivity contribution in [2.45, 2.75) is 50.5 Å². The molecule has 35 heavy (non-hydrogen) atoms. The SMILES string of the molecule is Cc1ccc(OC(F)F)c(F)c1-c1c(Cl)ccc2c1[C@H](O)[C@@](CNC1CCC1)(c1ccccc1)O2. The number of aryl methyl sites for hydroxylation is 1. The highest BCUT2D eigenvalue weighted by molar-refractivity contribution is 6.33. The van der Waals surface area contributed by atoms with Crippen molar-refractivity contribution in [3.05, 3.63) is 82.1 Å². The van der Waals surface area contributed by atoms with Crippen molar-refractivity contribution < 1.29 is 27.8 Å². The Kier molecular flexibility index (Phi) is 6.42. The molecule has 0 bridgehead atoms. The van der Waals surface area contributed by atoms with Crippen LogP contribution < -0.4 is 14.8 Å². The second kappa shape index (κ2) is 9.37. The quantitative estimate of drug-likeness (QED) is 0.385. The number of aliphatic hydroxyl groups is 1. The van der Waals surface area contributed by atoms with Crippen LogP contribution in [0.5, 0.6) is 11.5 Å². The van der Waals surface area contributed by atoms with Gasteiger partial charge in [-0.15, -0.1) is 0 Å². The summed E-state index contributed by atoms with van der Waals surface area (Å²) in [7, 11) is 0. The van der Waals surface area contributed by atoms with E-state index >= 15 is 4.39 Å². The van der Waals surface area contributed by atoms with E-state index in [2.05, 4.69) is 10.1 Å². The predicted octanol–water partition coefficient (Wildman–Crippen LogP) is 6.52. The number of nitrogens with one attached hydrogen (secondary N) is 1. The van der Waals surface area contributed by atoms with Crippen molar-refractivity contribution in [3.63, 3.8) is 0 Å². The molecule has 3 aromatic rings. The lowest BCUT2D eigenvalue weighted by Gasteiger charge is -2.36. The summed E-state index contributed by atoms with van der Waals surface area (Å²) in [6, 6.07) is 15.5.